The van der Waals surface area contributed by atoms with Crippen molar-refractivity contribution in [3.05, 3.63) is 34.6 Å². The number of rotatable bonds is 5. The van der Waals surface area contributed by atoms with Crippen molar-refractivity contribution < 1.29 is 9.13 Å². The highest BCUT2D eigenvalue weighted by Crippen LogP contribution is 2.18. The van der Waals surface area contributed by atoms with Crippen LogP contribution in [0.5, 0.6) is 0 Å². The summed E-state index contributed by atoms with van der Waals surface area (Å²) in [4.78, 5) is 2.33. The zero-order valence-corrected chi connectivity index (χ0v) is 11.0. The highest BCUT2D eigenvalue weighted by Gasteiger charge is 2.10. The first-order chi connectivity index (χ1) is 8.77. The SMILES string of the molecule is Fc1cccc(Cl)c1CNCCN1CCOCC1. The molecule has 5 heteroatoms. The van der Waals surface area contributed by atoms with Crippen LogP contribution in [0, 0.1) is 5.82 Å². The number of nitrogens with zero attached hydrogens (tertiary/aromatic N) is 1. The molecule has 1 N–H and O–H groups in total. The largest absolute Gasteiger partial charge is 0.379 e. The first-order valence-corrected chi connectivity index (χ1v) is 6.59. The molecule has 2 rings (SSSR count). The minimum atomic E-state index is -0.249. The molecule has 1 aliphatic heterocycles. The first kappa shape index (κ1) is 13.7. The summed E-state index contributed by atoms with van der Waals surface area (Å²) in [6.45, 7) is 5.80. The summed E-state index contributed by atoms with van der Waals surface area (Å²) in [6.07, 6.45) is 0. The third-order valence-corrected chi connectivity index (χ3v) is 3.43. The lowest BCUT2D eigenvalue weighted by molar-refractivity contribution is 0.0384. The van der Waals surface area contributed by atoms with E-state index in [-0.39, 0.29) is 5.82 Å². The van der Waals surface area contributed by atoms with E-state index < -0.39 is 0 Å². The van der Waals surface area contributed by atoms with Crippen molar-refractivity contribution in [3.63, 3.8) is 0 Å². The van der Waals surface area contributed by atoms with Gasteiger partial charge in [0.2, 0.25) is 0 Å². The molecule has 1 saturated heterocycles. The smallest absolute Gasteiger partial charge is 0.129 e. The molecule has 0 saturated carbocycles. The molecule has 1 aromatic carbocycles. The van der Waals surface area contributed by atoms with E-state index in [1.165, 1.54) is 6.07 Å². The summed E-state index contributed by atoms with van der Waals surface area (Å²) < 4.78 is 18.8. The number of morpholine rings is 1. The Labute approximate surface area is 112 Å². The lowest BCUT2D eigenvalue weighted by Crippen LogP contribution is -2.40. The van der Waals surface area contributed by atoms with Crippen LogP contribution in [-0.2, 0) is 11.3 Å². The van der Waals surface area contributed by atoms with E-state index in [1.807, 2.05) is 0 Å². The van der Waals surface area contributed by atoms with Crippen LogP contribution in [0.1, 0.15) is 5.56 Å². The predicted molar refractivity (Wildman–Crippen MR) is 70.4 cm³/mol. The average Bonchev–Trinajstić information content (AvgIpc) is 2.38. The van der Waals surface area contributed by atoms with E-state index in [1.54, 1.807) is 12.1 Å². The van der Waals surface area contributed by atoms with Crippen LogP contribution >= 0.6 is 11.6 Å². The fraction of sp³-hybridized carbons (Fsp3) is 0.538. The van der Waals surface area contributed by atoms with Gasteiger partial charge in [-0.2, -0.15) is 0 Å². The molecule has 1 fully saturated rings. The molecule has 0 bridgehead atoms. The minimum absolute atomic E-state index is 0.249. The Bertz CT molecular complexity index is 363. The van der Waals surface area contributed by atoms with Gasteiger partial charge in [0.15, 0.2) is 0 Å². The molecule has 0 radical (unpaired) electrons. The molecule has 3 nitrogen and oxygen atoms in total. The molecular formula is C13H18ClFN2O. The van der Waals surface area contributed by atoms with E-state index in [0.29, 0.717) is 17.1 Å². The molecule has 1 aliphatic rings. The van der Waals surface area contributed by atoms with Crippen LogP contribution in [0.15, 0.2) is 18.2 Å². The van der Waals surface area contributed by atoms with Gasteiger partial charge in [-0.25, -0.2) is 4.39 Å². The van der Waals surface area contributed by atoms with Crippen molar-refractivity contribution in [1.29, 1.82) is 0 Å². The second-order valence-electron chi connectivity index (χ2n) is 4.33. The Morgan fingerprint density at radius 1 is 1.33 bits per heavy atom. The lowest BCUT2D eigenvalue weighted by atomic mass is 10.2. The maximum Gasteiger partial charge on any atom is 0.129 e. The lowest BCUT2D eigenvalue weighted by Gasteiger charge is -2.26. The van der Waals surface area contributed by atoms with Gasteiger partial charge in [0, 0.05) is 43.3 Å². The summed E-state index contributed by atoms with van der Waals surface area (Å²) in [6, 6.07) is 4.77. The Balaban J connectivity index is 1.71. The van der Waals surface area contributed by atoms with E-state index in [4.69, 9.17) is 16.3 Å². The molecule has 0 atom stereocenters. The fourth-order valence-electron chi connectivity index (χ4n) is 1.98. The van der Waals surface area contributed by atoms with E-state index >= 15 is 0 Å². The van der Waals surface area contributed by atoms with Crippen molar-refractivity contribution >= 4 is 11.6 Å². The van der Waals surface area contributed by atoms with Gasteiger partial charge in [0.1, 0.15) is 5.82 Å². The summed E-state index contributed by atoms with van der Waals surface area (Å²) in [5, 5.41) is 3.70. The normalized spacial score (nSPS) is 17.0. The Morgan fingerprint density at radius 3 is 2.83 bits per heavy atom. The van der Waals surface area contributed by atoms with Gasteiger partial charge in [-0.1, -0.05) is 17.7 Å². The topological polar surface area (TPSA) is 24.5 Å². The predicted octanol–water partition coefficient (Wildman–Crippen LogP) is 1.90. The first-order valence-electron chi connectivity index (χ1n) is 6.21. The van der Waals surface area contributed by atoms with Gasteiger partial charge >= 0.3 is 0 Å². The number of hydrogen-bond donors (Lipinski definition) is 1. The molecule has 0 spiro atoms. The standard InChI is InChI=1S/C13H18ClFN2O/c14-12-2-1-3-13(15)11(12)10-16-4-5-17-6-8-18-9-7-17/h1-3,16H,4-10H2. The second-order valence-corrected chi connectivity index (χ2v) is 4.74. The van der Waals surface area contributed by atoms with Crippen molar-refractivity contribution in [2.24, 2.45) is 0 Å². The molecule has 0 amide bonds. The number of benzene rings is 1. The number of hydrogen-bond acceptors (Lipinski definition) is 3. The molecule has 18 heavy (non-hydrogen) atoms. The Hall–Kier alpha value is -0.680. The van der Waals surface area contributed by atoms with Gasteiger partial charge < -0.3 is 10.1 Å². The van der Waals surface area contributed by atoms with E-state index in [2.05, 4.69) is 10.2 Å². The maximum atomic E-state index is 13.5. The highest BCUT2D eigenvalue weighted by atomic mass is 35.5. The van der Waals surface area contributed by atoms with Crippen molar-refractivity contribution in [2.45, 2.75) is 6.54 Å². The van der Waals surface area contributed by atoms with Crippen LogP contribution in [0.4, 0.5) is 4.39 Å². The highest BCUT2D eigenvalue weighted by molar-refractivity contribution is 6.31. The Kier molecular flexibility index (Phi) is 5.38. The van der Waals surface area contributed by atoms with Crippen molar-refractivity contribution in [3.8, 4) is 0 Å². The van der Waals surface area contributed by atoms with E-state index in [9.17, 15) is 4.39 Å². The van der Waals surface area contributed by atoms with Gasteiger partial charge in [0.25, 0.3) is 0 Å². The van der Waals surface area contributed by atoms with Crippen LogP contribution in [0.25, 0.3) is 0 Å². The van der Waals surface area contributed by atoms with E-state index in [0.717, 1.165) is 39.4 Å². The number of halogens is 2. The van der Waals surface area contributed by atoms with Crippen LogP contribution in [0.2, 0.25) is 5.02 Å². The maximum absolute atomic E-state index is 13.5. The van der Waals surface area contributed by atoms with Crippen LogP contribution in [-0.4, -0.2) is 44.3 Å². The van der Waals surface area contributed by atoms with Gasteiger partial charge in [-0.3, -0.25) is 4.90 Å². The third-order valence-electron chi connectivity index (χ3n) is 3.07. The number of ether oxygens (including phenoxy) is 1. The second kappa shape index (κ2) is 7.04. The monoisotopic (exact) mass is 272 g/mol. The quantitative estimate of drug-likeness (QED) is 0.829. The molecular weight excluding hydrogens is 255 g/mol. The van der Waals surface area contributed by atoms with Crippen LogP contribution in [0.3, 0.4) is 0 Å². The fourth-order valence-corrected chi connectivity index (χ4v) is 2.21. The molecule has 1 heterocycles. The summed E-state index contributed by atoms with van der Waals surface area (Å²) in [7, 11) is 0. The molecule has 1 aromatic rings. The Morgan fingerprint density at radius 2 is 2.11 bits per heavy atom. The van der Waals surface area contributed by atoms with Crippen molar-refractivity contribution in [2.75, 3.05) is 39.4 Å². The summed E-state index contributed by atoms with van der Waals surface area (Å²) in [5.74, 6) is -0.249. The molecule has 0 aromatic heterocycles. The molecule has 0 unspecified atom stereocenters. The zero-order valence-electron chi connectivity index (χ0n) is 10.3. The van der Waals surface area contributed by atoms with Gasteiger partial charge in [-0.05, 0) is 12.1 Å². The van der Waals surface area contributed by atoms with Gasteiger partial charge in [0.05, 0.1) is 13.2 Å². The van der Waals surface area contributed by atoms with Crippen LogP contribution < -0.4 is 5.32 Å². The molecule has 100 valence electrons. The van der Waals surface area contributed by atoms with Crippen molar-refractivity contribution in [1.82, 2.24) is 10.2 Å². The van der Waals surface area contributed by atoms with Gasteiger partial charge in [-0.15, -0.1) is 0 Å². The summed E-state index contributed by atoms with van der Waals surface area (Å²) >= 11 is 5.95. The number of nitrogens with one attached hydrogen (secondary N) is 1. The zero-order chi connectivity index (χ0) is 12.8. The molecule has 0 aliphatic carbocycles. The average molecular weight is 273 g/mol. The minimum Gasteiger partial charge on any atom is -0.379 e. The third kappa shape index (κ3) is 3.92. The summed E-state index contributed by atoms with van der Waals surface area (Å²) in [5.41, 5.74) is 0.543.